The topological polar surface area (TPSA) is 58.2 Å². The Hall–Kier alpha value is -1.21. The molecule has 4 nitrogen and oxygen atoms in total. The highest BCUT2D eigenvalue weighted by atomic mass is 32.2. The molecule has 1 fully saturated rings. The zero-order valence-electron chi connectivity index (χ0n) is 9.62. The summed E-state index contributed by atoms with van der Waals surface area (Å²) < 4.78 is 51.2. The lowest BCUT2D eigenvalue weighted by molar-refractivity contribution is 0.584. The maximum Gasteiger partial charge on any atom is 0.233 e. The van der Waals surface area contributed by atoms with Crippen molar-refractivity contribution in [2.24, 2.45) is 0 Å². The lowest BCUT2D eigenvalue weighted by Gasteiger charge is -2.08. The van der Waals surface area contributed by atoms with Gasteiger partial charge in [0.2, 0.25) is 10.0 Å². The van der Waals surface area contributed by atoms with Crippen LogP contribution in [0.25, 0.3) is 0 Å². The van der Waals surface area contributed by atoms with Gasteiger partial charge in [0.25, 0.3) is 0 Å². The summed E-state index contributed by atoms with van der Waals surface area (Å²) in [5, 5.41) is 3.05. The fourth-order valence-corrected chi connectivity index (χ4v) is 2.49. The van der Waals surface area contributed by atoms with Gasteiger partial charge in [0.1, 0.15) is 11.6 Å². The first-order chi connectivity index (χ1) is 8.44. The predicted octanol–water partition coefficient (Wildman–Crippen LogP) is 1.46. The van der Waals surface area contributed by atoms with E-state index in [4.69, 9.17) is 0 Å². The van der Waals surface area contributed by atoms with Crippen LogP contribution in [0.4, 0.5) is 14.5 Å². The molecule has 0 saturated heterocycles. The molecule has 0 amide bonds. The molecule has 0 atom stereocenters. The molecule has 1 aliphatic carbocycles. The van der Waals surface area contributed by atoms with Crippen molar-refractivity contribution in [1.29, 1.82) is 0 Å². The van der Waals surface area contributed by atoms with E-state index in [9.17, 15) is 17.2 Å². The maximum atomic E-state index is 12.9. The average molecular weight is 276 g/mol. The summed E-state index contributed by atoms with van der Waals surface area (Å²) in [5.74, 6) is -1.76. The van der Waals surface area contributed by atoms with Gasteiger partial charge in [0, 0.05) is 18.7 Å². The first-order valence-electron chi connectivity index (χ1n) is 5.64. The van der Waals surface area contributed by atoms with Crippen LogP contribution in [0.15, 0.2) is 18.2 Å². The van der Waals surface area contributed by atoms with Gasteiger partial charge in [0.05, 0.1) is 11.4 Å². The molecular weight excluding hydrogens is 262 g/mol. The molecule has 1 aliphatic rings. The number of halogens is 2. The minimum atomic E-state index is -3.58. The molecule has 0 bridgehead atoms. The van der Waals surface area contributed by atoms with Crippen LogP contribution in [0, 0.1) is 11.6 Å². The summed E-state index contributed by atoms with van der Waals surface area (Å²) in [5.41, 5.74) is -0.0982. The monoisotopic (exact) mass is 276 g/mol. The second-order valence-corrected chi connectivity index (χ2v) is 6.15. The predicted molar refractivity (Wildman–Crippen MR) is 64.8 cm³/mol. The molecule has 100 valence electrons. The minimum Gasteiger partial charge on any atom is -0.313 e. The van der Waals surface area contributed by atoms with Gasteiger partial charge in [-0.1, -0.05) is 0 Å². The van der Waals surface area contributed by atoms with E-state index in [1.54, 1.807) is 0 Å². The highest BCUT2D eigenvalue weighted by Crippen LogP contribution is 2.18. The highest BCUT2D eigenvalue weighted by Gasteiger charge is 2.21. The largest absolute Gasteiger partial charge is 0.313 e. The van der Waals surface area contributed by atoms with Crippen molar-refractivity contribution >= 4 is 15.7 Å². The van der Waals surface area contributed by atoms with Crippen LogP contribution in [-0.2, 0) is 10.0 Å². The van der Waals surface area contributed by atoms with Crippen LogP contribution in [0.1, 0.15) is 12.8 Å². The van der Waals surface area contributed by atoms with Gasteiger partial charge in [-0.05, 0) is 25.0 Å². The second kappa shape index (κ2) is 5.19. The molecule has 0 radical (unpaired) electrons. The minimum absolute atomic E-state index is 0.0982. The molecule has 2 N–H and O–H groups in total. The van der Waals surface area contributed by atoms with E-state index in [2.05, 4.69) is 10.0 Å². The summed E-state index contributed by atoms with van der Waals surface area (Å²) >= 11 is 0. The van der Waals surface area contributed by atoms with Gasteiger partial charge in [-0.3, -0.25) is 4.72 Å². The van der Waals surface area contributed by atoms with Crippen molar-refractivity contribution in [3.63, 3.8) is 0 Å². The summed E-state index contributed by atoms with van der Waals surface area (Å²) in [6, 6.07) is 2.99. The van der Waals surface area contributed by atoms with E-state index in [0.29, 0.717) is 18.7 Å². The molecule has 1 aromatic carbocycles. The van der Waals surface area contributed by atoms with Crippen LogP contribution >= 0.6 is 0 Å². The third-order valence-corrected chi connectivity index (χ3v) is 3.81. The Bertz CT molecular complexity index is 510. The second-order valence-electron chi connectivity index (χ2n) is 4.31. The van der Waals surface area contributed by atoms with Gasteiger partial charge in [-0.2, -0.15) is 0 Å². The number of anilines is 1. The fraction of sp³-hybridized carbons (Fsp3) is 0.455. The smallest absolute Gasteiger partial charge is 0.233 e. The van der Waals surface area contributed by atoms with Crippen molar-refractivity contribution < 1.29 is 17.2 Å². The highest BCUT2D eigenvalue weighted by molar-refractivity contribution is 7.92. The van der Waals surface area contributed by atoms with Crippen LogP contribution in [-0.4, -0.2) is 26.8 Å². The zero-order chi connectivity index (χ0) is 13.2. The zero-order valence-corrected chi connectivity index (χ0v) is 10.4. The number of benzene rings is 1. The Morgan fingerprint density at radius 3 is 2.33 bits per heavy atom. The molecule has 2 rings (SSSR count). The number of hydrogen-bond acceptors (Lipinski definition) is 3. The van der Waals surface area contributed by atoms with E-state index < -0.39 is 21.7 Å². The summed E-state index contributed by atoms with van der Waals surface area (Å²) in [4.78, 5) is 0. The first kappa shape index (κ1) is 13.2. The molecule has 0 aliphatic heterocycles. The maximum absolute atomic E-state index is 12.9. The quantitative estimate of drug-likeness (QED) is 0.827. The number of hydrogen-bond donors (Lipinski definition) is 2. The molecule has 1 saturated carbocycles. The van der Waals surface area contributed by atoms with Gasteiger partial charge < -0.3 is 5.32 Å². The van der Waals surface area contributed by atoms with E-state index in [0.717, 1.165) is 25.0 Å². The Morgan fingerprint density at radius 2 is 1.78 bits per heavy atom. The molecule has 1 aromatic rings. The molecule has 0 heterocycles. The van der Waals surface area contributed by atoms with Crippen molar-refractivity contribution in [3.8, 4) is 0 Å². The SMILES string of the molecule is O=S(=O)(CCNC1CC1)Nc1cc(F)cc(F)c1. The Morgan fingerprint density at radius 1 is 1.17 bits per heavy atom. The first-order valence-corrected chi connectivity index (χ1v) is 7.30. The number of nitrogens with one attached hydrogen (secondary N) is 2. The fourth-order valence-electron chi connectivity index (χ4n) is 1.53. The van der Waals surface area contributed by atoms with E-state index in [1.807, 2.05) is 0 Å². The molecule has 0 unspecified atom stereocenters. The van der Waals surface area contributed by atoms with Crippen molar-refractivity contribution in [2.75, 3.05) is 17.0 Å². The van der Waals surface area contributed by atoms with Crippen LogP contribution in [0.3, 0.4) is 0 Å². The molecule has 18 heavy (non-hydrogen) atoms. The Kier molecular flexibility index (Phi) is 3.82. The van der Waals surface area contributed by atoms with Gasteiger partial charge >= 0.3 is 0 Å². The van der Waals surface area contributed by atoms with E-state index in [1.165, 1.54) is 0 Å². The normalized spacial score (nSPS) is 15.7. The third-order valence-electron chi connectivity index (χ3n) is 2.52. The van der Waals surface area contributed by atoms with Gasteiger partial charge in [0.15, 0.2) is 0 Å². The van der Waals surface area contributed by atoms with E-state index >= 15 is 0 Å². The number of rotatable bonds is 6. The molecular formula is C11H14F2N2O2S. The molecule has 0 aromatic heterocycles. The summed E-state index contributed by atoms with van der Waals surface area (Å²) in [7, 11) is -3.58. The summed E-state index contributed by atoms with van der Waals surface area (Å²) in [6.45, 7) is 0.331. The summed E-state index contributed by atoms with van der Waals surface area (Å²) in [6.07, 6.45) is 2.14. The lowest BCUT2D eigenvalue weighted by atomic mass is 10.3. The van der Waals surface area contributed by atoms with E-state index in [-0.39, 0.29) is 11.4 Å². The van der Waals surface area contributed by atoms with Gasteiger partial charge in [-0.25, -0.2) is 17.2 Å². The van der Waals surface area contributed by atoms with Crippen molar-refractivity contribution in [2.45, 2.75) is 18.9 Å². The Balaban J connectivity index is 1.92. The van der Waals surface area contributed by atoms with Crippen molar-refractivity contribution in [1.82, 2.24) is 5.32 Å². The van der Waals surface area contributed by atoms with Crippen LogP contribution < -0.4 is 10.0 Å². The van der Waals surface area contributed by atoms with Crippen LogP contribution in [0.2, 0.25) is 0 Å². The van der Waals surface area contributed by atoms with Crippen molar-refractivity contribution in [3.05, 3.63) is 29.8 Å². The lowest BCUT2D eigenvalue weighted by Crippen LogP contribution is -2.28. The average Bonchev–Trinajstić information content (AvgIpc) is 2.98. The standard InChI is InChI=1S/C11H14F2N2O2S/c12-8-5-9(13)7-11(6-8)15-18(16,17)4-3-14-10-1-2-10/h5-7,10,14-15H,1-4H2. The third kappa shape index (κ3) is 4.23. The van der Waals surface area contributed by atoms with Crippen LogP contribution in [0.5, 0.6) is 0 Å². The number of sulfonamides is 1. The van der Waals surface area contributed by atoms with Gasteiger partial charge in [-0.15, -0.1) is 0 Å². The molecule has 7 heteroatoms. The Labute approximate surface area is 104 Å². The molecule has 0 spiro atoms.